The Kier molecular flexibility index (Phi) is 3.92. The summed E-state index contributed by atoms with van der Waals surface area (Å²) in [5, 5.41) is 0. The Morgan fingerprint density at radius 2 is 2.00 bits per heavy atom. The molecule has 13 heavy (non-hydrogen) atoms. The third-order valence-electron chi connectivity index (χ3n) is 1.66. The molecular weight excluding hydrogens is 186 g/mol. The normalized spacial score (nSPS) is 12.5. The van der Waals surface area contributed by atoms with Gasteiger partial charge in [-0.25, -0.2) is 4.21 Å². The third-order valence-corrected chi connectivity index (χ3v) is 2.43. The highest BCUT2D eigenvalue weighted by Crippen LogP contribution is 2.14. The van der Waals surface area contributed by atoms with E-state index in [1.807, 2.05) is 37.3 Å². The highest BCUT2D eigenvalue weighted by Gasteiger charge is 2.09. The monoisotopic (exact) mass is 199 g/mol. The van der Waals surface area contributed by atoms with E-state index in [0.29, 0.717) is 6.54 Å². The van der Waals surface area contributed by atoms with Crippen molar-refractivity contribution in [1.82, 2.24) is 0 Å². The molecule has 0 spiro atoms. The summed E-state index contributed by atoms with van der Waals surface area (Å²) in [4.78, 5) is 0. The Hall–Kier alpha value is -0.870. The van der Waals surface area contributed by atoms with E-state index in [9.17, 15) is 4.21 Å². The van der Waals surface area contributed by atoms with Crippen molar-refractivity contribution in [2.75, 3.05) is 10.8 Å². The van der Waals surface area contributed by atoms with Crippen molar-refractivity contribution in [1.29, 1.82) is 0 Å². The Bertz CT molecular complexity index is 276. The first-order valence-corrected chi connectivity index (χ1v) is 5.25. The molecule has 1 N–H and O–H groups in total. The lowest BCUT2D eigenvalue weighted by molar-refractivity contribution is 0.558. The Morgan fingerprint density at radius 1 is 1.38 bits per heavy atom. The fraction of sp³-hybridized carbons (Fsp3) is 0.333. The summed E-state index contributed by atoms with van der Waals surface area (Å²) >= 11 is -1.92. The van der Waals surface area contributed by atoms with Gasteiger partial charge in [-0.1, -0.05) is 25.1 Å². The second-order valence-corrected chi connectivity index (χ2v) is 3.57. The van der Waals surface area contributed by atoms with Crippen molar-refractivity contribution >= 4 is 17.0 Å². The van der Waals surface area contributed by atoms with Gasteiger partial charge in [0.2, 0.25) is 0 Å². The van der Waals surface area contributed by atoms with Crippen LogP contribution in [0.5, 0.6) is 0 Å². The number of anilines is 1. The van der Waals surface area contributed by atoms with Crippen LogP contribution in [0, 0.1) is 0 Å². The molecule has 0 fully saturated rings. The van der Waals surface area contributed by atoms with Gasteiger partial charge in [0.15, 0.2) is 0 Å². The Morgan fingerprint density at radius 3 is 2.46 bits per heavy atom. The minimum atomic E-state index is -1.92. The van der Waals surface area contributed by atoms with Crippen LogP contribution >= 0.6 is 0 Å². The van der Waals surface area contributed by atoms with Crippen LogP contribution in [0.25, 0.3) is 0 Å². The Labute approximate surface area is 80.8 Å². The van der Waals surface area contributed by atoms with E-state index in [2.05, 4.69) is 0 Å². The molecule has 0 saturated heterocycles. The van der Waals surface area contributed by atoms with Crippen LogP contribution in [-0.2, 0) is 11.3 Å². The van der Waals surface area contributed by atoms with Crippen molar-refractivity contribution in [3.05, 3.63) is 30.3 Å². The number of rotatable bonds is 4. The molecule has 3 nitrogen and oxygen atoms in total. The molecule has 72 valence electrons. The molecular formula is C9H13NO2S. The van der Waals surface area contributed by atoms with Crippen molar-refractivity contribution < 1.29 is 8.76 Å². The van der Waals surface area contributed by atoms with Crippen LogP contribution in [0.2, 0.25) is 0 Å². The fourth-order valence-corrected chi connectivity index (χ4v) is 1.74. The van der Waals surface area contributed by atoms with Gasteiger partial charge in [0, 0.05) is 6.54 Å². The first-order valence-electron chi connectivity index (χ1n) is 4.19. The van der Waals surface area contributed by atoms with Crippen LogP contribution in [-0.4, -0.2) is 15.3 Å². The van der Waals surface area contributed by atoms with Gasteiger partial charge in [0.25, 0.3) is 11.3 Å². The van der Waals surface area contributed by atoms with E-state index < -0.39 is 11.3 Å². The molecule has 1 atom stereocenters. The SMILES string of the molecule is CCCN(c1ccccc1)S(=O)O. The van der Waals surface area contributed by atoms with Crippen LogP contribution in [0.4, 0.5) is 5.69 Å². The number of benzene rings is 1. The summed E-state index contributed by atoms with van der Waals surface area (Å²) in [6.45, 7) is 2.57. The largest absolute Gasteiger partial charge is 0.289 e. The van der Waals surface area contributed by atoms with Crippen LogP contribution in [0.1, 0.15) is 13.3 Å². The van der Waals surface area contributed by atoms with Gasteiger partial charge in [-0.3, -0.25) is 8.86 Å². The molecule has 0 bridgehead atoms. The zero-order valence-corrected chi connectivity index (χ0v) is 8.33. The van der Waals surface area contributed by atoms with Crippen molar-refractivity contribution in [3.8, 4) is 0 Å². The molecule has 0 aliphatic rings. The smallest absolute Gasteiger partial charge is 0.261 e. The minimum absolute atomic E-state index is 0.590. The van der Waals surface area contributed by atoms with Crippen molar-refractivity contribution in [3.63, 3.8) is 0 Å². The van der Waals surface area contributed by atoms with E-state index in [-0.39, 0.29) is 0 Å². The average molecular weight is 199 g/mol. The van der Waals surface area contributed by atoms with Gasteiger partial charge in [0.1, 0.15) is 0 Å². The predicted molar refractivity (Wildman–Crippen MR) is 54.9 cm³/mol. The van der Waals surface area contributed by atoms with Gasteiger partial charge in [-0.05, 0) is 18.6 Å². The van der Waals surface area contributed by atoms with E-state index in [1.165, 1.54) is 4.31 Å². The third kappa shape index (κ3) is 2.82. The van der Waals surface area contributed by atoms with Gasteiger partial charge >= 0.3 is 0 Å². The molecule has 4 heteroatoms. The van der Waals surface area contributed by atoms with Crippen molar-refractivity contribution in [2.24, 2.45) is 0 Å². The first kappa shape index (κ1) is 10.2. The van der Waals surface area contributed by atoms with E-state index in [1.54, 1.807) is 0 Å². The van der Waals surface area contributed by atoms with E-state index in [0.717, 1.165) is 12.1 Å². The molecule has 1 unspecified atom stereocenters. The zero-order valence-electron chi connectivity index (χ0n) is 7.51. The summed E-state index contributed by atoms with van der Waals surface area (Å²) in [6.07, 6.45) is 0.848. The predicted octanol–water partition coefficient (Wildman–Crippen LogP) is 2.04. The van der Waals surface area contributed by atoms with Crippen LogP contribution < -0.4 is 4.31 Å². The maximum atomic E-state index is 10.9. The van der Waals surface area contributed by atoms with Gasteiger partial charge in [-0.2, -0.15) is 0 Å². The summed E-state index contributed by atoms with van der Waals surface area (Å²) in [7, 11) is 0. The molecule has 0 amide bonds. The molecule has 0 radical (unpaired) electrons. The maximum absolute atomic E-state index is 10.9. The lowest BCUT2D eigenvalue weighted by atomic mass is 10.3. The molecule has 0 heterocycles. The maximum Gasteiger partial charge on any atom is 0.261 e. The van der Waals surface area contributed by atoms with E-state index >= 15 is 0 Å². The second-order valence-electron chi connectivity index (χ2n) is 2.67. The summed E-state index contributed by atoms with van der Waals surface area (Å²) in [6, 6.07) is 9.23. The molecule has 1 aromatic carbocycles. The fourth-order valence-electron chi connectivity index (χ4n) is 1.09. The summed E-state index contributed by atoms with van der Waals surface area (Å²) in [5.41, 5.74) is 0.783. The number of hydrogen-bond donors (Lipinski definition) is 1. The molecule has 0 aliphatic carbocycles. The van der Waals surface area contributed by atoms with Gasteiger partial charge in [-0.15, -0.1) is 0 Å². The minimum Gasteiger partial charge on any atom is -0.289 e. The standard InChI is InChI=1S/C9H13NO2S/c1-2-8-10(13(11)12)9-6-4-3-5-7-9/h3-7H,2,8H2,1H3,(H,11,12). The lowest BCUT2D eigenvalue weighted by Gasteiger charge is -2.18. The zero-order chi connectivity index (χ0) is 9.68. The Balaban J connectivity index is 2.82. The van der Waals surface area contributed by atoms with Crippen molar-refractivity contribution in [2.45, 2.75) is 13.3 Å². The molecule has 0 aromatic heterocycles. The average Bonchev–Trinajstić information content (AvgIpc) is 2.15. The molecule has 1 rings (SSSR count). The molecule has 0 aliphatic heterocycles. The topological polar surface area (TPSA) is 40.5 Å². The number of para-hydroxylation sites is 1. The highest BCUT2D eigenvalue weighted by molar-refractivity contribution is 7.80. The van der Waals surface area contributed by atoms with Gasteiger partial charge < -0.3 is 0 Å². The van der Waals surface area contributed by atoms with Gasteiger partial charge in [0.05, 0.1) is 5.69 Å². The number of hydrogen-bond acceptors (Lipinski definition) is 1. The molecule has 0 saturated carbocycles. The first-order chi connectivity index (χ1) is 6.25. The second kappa shape index (κ2) is 4.99. The quantitative estimate of drug-likeness (QED) is 0.754. The lowest BCUT2D eigenvalue weighted by Crippen LogP contribution is -2.25. The van der Waals surface area contributed by atoms with Crippen LogP contribution in [0.3, 0.4) is 0 Å². The van der Waals surface area contributed by atoms with E-state index in [4.69, 9.17) is 4.55 Å². The summed E-state index contributed by atoms with van der Waals surface area (Å²) < 4.78 is 21.4. The number of nitrogens with zero attached hydrogens (tertiary/aromatic N) is 1. The summed E-state index contributed by atoms with van der Waals surface area (Å²) in [5.74, 6) is 0. The molecule has 1 aromatic rings. The van der Waals surface area contributed by atoms with Crippen LogP contribution in [0.15, 0.2) is 30.3 Å². The highest BCUT2D eigenvalue weighted by atomic mass is 32.2.